The minimum Gasteiger partial charge on any atom is -0.507 e. The predicted molar refractivity (Wildman–Crippen MR) is 110 cm³/mol. The van der Waals surface area contributed by atoms with Gasteiger partial charge in [0.05, 0.1) is 24.3 Å². The molecule has 1 amide bonds. The number of carbonyl (C=O) groups is 2. The maximum Gasteiger partial charge on any atom is 0.295 e. The van der Waals surface area contributed by atoms with Gasteiger partial charge in [0, 0.05) is 24.5 Å². The number of nitrogens with zero attached hydrogens (tertiary/aromatic N) is 2. The molecule has 0 radical (unpaired) electrons. The maximum atomic E-state index is 12.9. The van der Waals surface area contributed by atoms with E-state index in [9.17, 15) is 14.7 Å². The van der Waals surface area contributed by atoms with Gasteiger partial charge >= 0.3 is 0 Å². The molecule has 1 aliphatic heterocycles. The van der Waals surface area contributed by atoms with Crippen molar-refractivity contribution in [2.75, 3.05) is 13.2 Å². The highest BCUT2D eigenvalue weighted by Crippen LogP contribution is 2.39. The average Bonchev–Trinajstić information content (AvgIpc) is 2.94. The number of aliphatic hydroxyl groups is 1. The summed E-state index contributed by atoms with van der Waals surface area (Å²) >= 11 is 0. The van der Waals surface area contributed by atoms with Gasteiger partial charge in [-0.2, -0.15) is 0 Å². The largest absolute Gasteiger partial charge is 0.507 e. The molecule has 0 spiro atoms. The number of aryl methyl sites for hydroxylation is 2. The van der Waals surface area contributed by atoms with Crippen molar-refractivity contribution < 1.29 is 19.4 Å². The van der Waals surface area contributed by atoms with Gasteiger partial charge in [0.15, 0.2) is 0 Å². The summed E-state index contributed by atoms with van der Waals surface area (Å²) in [5.74, 6) is -1.49. The van der Waals surface area contributed by atoms with Crippen LogP contribution in [0.15, 0.2) is 48.3 Å². The van der Waals surface area contributed by atoms with Gasteiger partial charge in [-0.15, -0.1) is 0 Å². The van der Waals surface area contributed by atoms with E-state index in [0.29, 0.717) is 17.7 Å². The van der Waals surface area contributed by atoms with Crippen molar-refractivity contribution in [1.82, 2.24) is 9.88 Å². The Morgan fingerprint density at radius 1 is 1.24 bits per heavy atom. The van der Waals surface area contributed by atoms with E-state index < -0.39 is 17.7 Å². The first-order valence-electron chi connectivity index (χ1n) is 9.68. The fraction of sp³-hybridized carbons (Fsp3) is 0.348. The maximum absolute atomic E-state index is 12.9. The van der Waals surface area contributed by atoms with Crippen LogP contribution >= 0.6 is 0 Å². The third-order valence-electron chi connectivity index (χ3n) is 4.97. The fourth-order valence-corrected chi connectivity index (χ4v) is 3.52. The molecule has 1 fully saturated rings. The molecule has 2 aromatic rings. The van der Waals surface area contributed by atoms with E-state index in [1.807, 2.05) is 45.9 Å². The van der Waals surface area contributed by atoms with Gasteiger partial charge in [-0.3, -0.25) is 14.6 Å². The monoisotopic (exact) mass is 394 g/mol. The number of ether oxygens (including phenoxy) is 1. The Bertz CT molecular complexity index is 951. The Labute approximate surface area is 170 Å². The lowest BCUT2D eigenvalue weighted by molar-refractivity contribution is -0.140. The highest BCUT2D eigenvalue weighted by Gasteiger charge is 2.46. The standard InChI is InChI=1S/C23H26N2O4/c1-14(2)29-11-10-25-20(17-6-5-9-24-13-17)19(22(27)23(25)28)21(26)18-12-15(3)7-8-16(18)4/h5-9,12-14,20,26H,10-11H2,1-4H3/b21-19+. The number of pyridine rings is 1. The number of Topliss-reactive ketones (excluding diaryl/α,β-unsaturated/α-hetero) is 1. The van der Waals surface area contributed by atoms with E-state index >= 15 is 0 Å². The molecule has 1 aromatic heterocycles. The summed E-state index contributed by atoms with van der Waals surface area (Å²) in [5.41, 5.74) is 3.08. The Kier molecular flexibility index (Phi) is 6.13. The molecule has 3 rings (SSSR count). The molecular weight excluding hydrogens is 368 g/mol. The van der Waals surface area contributed by atoms with E-state index in [4.69, 9.17) is 4.74 Å². The zero-order valence-corrected chi connectivity index (χ0v) is 17.2. The van der Waals surface area contributed by atoms with Crippen LogP contribution in [0.25, 0.3) is 5.76 Å². The van der Waals surface area contributed by atoms with E-state index in [-0.39, 0.29) is 24.0 Å². The minimum absolute atomic E-state index is 0.0126. The normalized spacial score (nSPS) is 18.7. The number of aliphatic hydroxyl groups excluding tert-OH is 1. The van der Waals surface area contributed by atoms with Gasteiger partial charge in [0.25, 0.3) is 11.7 Å². The summed E-state index contributed by atoms with van der Waals surface area (Å²) in [6.45, 7) is 8.13. The highest BCUT2D eigenvalue weighted by atomic mass is 16.5. The number of carbonyl (C=O) groups excluding carboxylic acids is 2. The Hall–Kier alpha value is -2.99. The minimum atomic E-state index is -0.709. The number of likely N-dealkylation sites (tertiary alicyclic amines) is 1. The summed E-state index contributed by atoms with van der Waals surface area (Å²) < 4.78 is 5.59. The fourth-order valence-electron chi connectivity index (χ4n) is 3.52. The smallest absolute Gasteiger partial charge is 0.295 e. The third kappa shape index (κ3) is 4.22. The lowest BCUT2D eigenvalue weighted by Gasteiger charge is -2.25. The Balaban J connectivity index is 2.12. The van der Waals surface area contributed by atoms with E-state index in [1.54, 1.807) is 24.5 Å². The van der Waals surface area contributed by atoms with Gasteiger partial charge in [-0.25, -0.2) is 0 Å². The quantitative estimate of drug-likeness (QED) is 0.460. The molecular formula is C23H26N2O4. The van der Waals surface area contributed by atoms with E-state index in [2.05, 4.69) is 4.98 Å². The molecule has 1 atom stereocenters. The van der Waals surface area contributed by atoms with Crippen LogP contribution in [-0.2, 0) is 14.3 Å². The molecule has 0 saturated carbocycles. The van der Waals surface area contributed by atoms with Crippen LogP contribution in [0.1, 0.15) is 42.1 Å². The zero-order chi connectivity index (χ0) is 21.1. The van der Waals surface area contributed by atoms with Gasteiger partial charge in [0.2, 0.25) is 0 Å². The lowest BCUT2D eigenvalue weighted by Crippen LogP contribution is -2.33. The molecule has 1 saturated heterocycles. The molecule has 1 aliphatic rings. The predicted octanol–water partition coefficient (Wildman–Crippen LogP) is 3.55. The van der Waals surface area contributed by atoms with Gasteiger partial charge in [-0.1, -0.05) is 23.8 Å². The number of hydrogen-bond acceptors (Lipinski definition) is 5. The van der Waals surface area contributed by atoms with Crippen LogP contribution in [0.2, 0.25) is 0 Å². The topological polar surface area (TPSA) is 79.7 Å². The van der Waals surface area contributed by atoms with Crippen molar-refractivity contribution in [3.8, 4) is 0 Å². The molecule has 29 heavy (non-hydrogen) atoms. The Morgan fingerprint density at radius 3 is 2.66 bits per heavy atom. The Morgan fingerprint density at radius 2 is 2.00 bits per heavy atom. The molecule has 0 bridgehead atoms. The molecule has 1 unspecified atom stereocenters. The van der Waals surface area contributed by atoms with E-state index in [0.717, 1.165) is 11.1 Å². The van der Waals surface area contributed by atoms with E-state index in [1.165, 1.54) is 4.90 Å². The van der Waals surface area contributed by atoms with Crippen molar-refractivity contribution in [2.24, 2.45) is 0 Å². The third-order valence-corrected chi connectivity index (χ3v) is 4.97. The van der Waals surface area contributed by atoms with Crippen molar-refractivity contribution in [3.63, 3.8) is 0 Å². The number of ketones is 1. The van der Waals surface area contributed by atoms with Crippen molar-refractivity contribution in [3.05, 3.63) is 70.6 Å². The summed E-state index contributed by atoms with van der Waals surface area (Å²) in [7, 11) is 0. The first kappa shape index (κ1) is 20.7. The number of hydrogen-bond donors (Lipinski definition) is 1. The number of aromatic nitrogens is 1. The van der Waals surface area contributed by atoms with Crippen LogP contribution in [0.4, 0.5) is 0 Å². The highest BCUT2D eigenvalue weighted by molar-refractivity contribution is 6.46. The van der Waals surface area contributed by atoms with Crippen LogP contribution < -0.4 is 0 Å². The first-order valence-corrected chi connectivity index (χ1v) is 9.68. The van der Waals surface area contributed by atoms with Gasteiger partial charge in [-0.05, 0) is 51.0 Å². The molecule has 152 valence electrons. The summed E-state index contributed by atoms with van der Waals surface area (Å²) in [6.07, 6.45) is 3.25. The molecule has 1 aromatic carbocycles. The second-order valence-electron chi connectivity index (χ2n) is 7.52. The summed E-state index contributed by atoms with van der Waals surface area (Å²) in [6, 6.07) is 8.48. The number of rotatable bonds is 6. The van der Waals surface area contributed by atoms with Crippen LogP contribution in [-0.4, -0.2) is 45.9 Å². The SMILES string of the molecule is Cc1ccc(C)c(/C(O)=C2\C(=O)C(=O)N(CCOC(C)C)C2c2cccnc2)c1. The van der Waals surface area contributed by atoms with Gasteiger partial charge < -0.3 is 14.7 Å². The zero-order valence-electron chi connectivity index (χ0n) is 17.2. The molecule has 0 aliphatic carbocycles. The van der Waals surface area contributed by atoms with Crippen molar-refractivity contribution in [2.45, 2.75) is 39.8 Å². The molecule has 6 nitrogen and oxygen atoms in total. The molecule has 6 heteroatoms. The van der Waals surface area contributed by atoms with Crippen LogP contribution in [0, 0.1) is 13.8 Å². The second-order valence-corrected chi connectivity index (χ2v) is 7.52. The number of benzene rings is 1. The first-order chi connectivity index (χ1) is 13.8. The molecule has 2 heterocycles. The average molecular weight is 394 g/mol. The molecule has 1 N–H and O–H groups in total. The van der Waals surface area contributed by atoms with Crippen LogP contribution in [0.5, 0.6) is 0 Å². The van der Waals surface area contributed by atoms with Crippen molar-refractivity contribution in [1.29, 1.82) is 0 Å². The summed E-state index contributed by atoms with van der Waals surface area (Å²) in [4.78, 5) is 31.3. The van der Waals surface area contributed by atoms with Crippen molar-refractivity contribution >= 4 is 17.4 Å². The number of amides is 1. The second kappa shape index (κ2) is 8.57. The van der Waals surface area contributed by atoms with Gasteiger partial charge in [0.1, 0.15) is 5.76 Å². The summed E-state index contributed by atoms with van der Waals surface area (Å²) in [5, 5.41) is 11.1. The lowest BCUT2D eigenvalue weighted by atomic mass is 9.94. The van der Waals surface area contributed by atoms with Crippen LogP contribution in [0.3, 0.4) is 0 Å².